The van der Waals surface area contributed by atoms with Crippen LogP contribution in [0.2, 0.25) is 0 Å². The van der Waals surface area contributed by atoms with E-state index in [1.165, 1.54) is 12.1 Å². The van der Waals surface area contributed by atoms with Crippen LogP contribution in [0.4, 0.5) is 8.78 Å². The van der Waals surface area contributed by atoms with Gasteiger partial charge in [-0.15, -0.1) is 0 Å². The van der Waals surface area contributed by atoms with Crippen LogP contribution in [0.1, 0.15) is 25.3 Å². The molecule has 1 atom stereocenters. The summed E-state index contributed by atoms with van der Waals surface area (Å²) < 4.78 is 32.1. The van der Waals surface area contributed by atoms with Crippen LogP contribution >= 0.6 is 0 Å². The first-order valence-corrected chi connectivity index (χ1v) is 9.47. The van der Waals surface area contributed by atoms with Crippen LogP contribution in [0.3, 0.4) is 0 Å². The molecule has 1 fully saturated rings. The number of hydrogen-bond donors (Lipinski definition) is 2. The number of hydrogen-bond acceptors (Lipinski definition) is 3. The third-order valence-corrected chi connectivity index (χ3v) is 5.33. The number of rotatable bonds is 6. The van der Waals surface area contributed by atoms with E-state index in [1.807, 2.05) is 24.3 Å². The molecule has 0 spiro atoms. The van der Waals surface area contributed by atoms with Gasteiger partial charge in [0.15, 0.2) is 11.6 Å². The summed E-state index contributed by atoms with van der Waals surface area (Å²) in [7, 11) is 0. The Morgan fingerprint density at radius 1 is 1.11 bits per heavy atom. The van der Waals surface area contributed by atoms with Crippen LogP contribution in [-0.4, -0.2) is 36.9 Å². The first-order valence-electron chi connectivity index (χ1n) is 9.47. The van der Waals surface area contributed by atoms with Crippen molar-refractivity contribution in [2.45, 2.75) is 32.2 Å². The monoisotopic (exact) mass is 389 g/mol. The van der Waals surface area contributed by atoms with E-state index in [2.05, 4.69) is 5.32 Å². The van der Waals surface area contributed by atoms with E-state index in [9.17, 15) is 18.7 Å². The van der Waals surface area contributed by atoms with E-state index in [-0.39, 0.29) is 18.6 Å². The zero-order chi connectivity index (χ0) is 20.1. The molecule has 0 bridgehead atoms. The molecule has 0 unspecified atom stereocenters. The zero-order valence-electron chi connectivity index (χ0n) is 15.9. The fourth-order valence-corrected chi connectivity index (χ4v) is 3.55. The van der Waals surface area contributed by atoms with Gasteiger partial charge in [0.2, 0.25) is 5.91 Å². The van der Waals surface area contributed by atoms with Crippen LogP contribution in [0.25, 0.3) is 11.1 Å². The first kappa shape index (κ1) is 20.4. The van der Waals surface area contributed by atoms with E-state index < -0.39 is 17.0 Å². The highest BCUT2D eigenvalue weighted by molar-refractivity contribution is 5.83. The Morgan fingerprint density at radius 2 is 1.75 bits per heavy atom. The number of amides is 1. The maximum atomic E-state index is 13.5. The number of ether oxygens (including phenoxy) is 1. The van der Waals surface area contributed by atoms with Gasteiger partial charge in [0, 0.05) is 19.3 Å². The van der Waals surface area contributed by atoms with Gasteiger partial charge in [0.05, 0.1) is 12.0 Å². The van der Waals surface area contributed by atoms with Crippen molar-refractivity contribution in [2.24, 2.45) is 5.41 Å². The van der Waals surface area contributed by atoms with Crippen LogP contribution in [0.5, 0.6) is 0 Å². The lowest BCUT2D eigenvalue weighted by molar-refractivity contribution is -0.137. The van der Waals surface area contributed by atoms with Crippen molar-refractivity contribution in [2.75, 3.05) is 19.8 Å². The van der Waals surface area contributed by atoms with E-state index >= 15 is 0 Å². The summed E-state index contributed by atoms with van der Waals surface area (Å²) in [5, 5.41) is 12.1. The minimum Gasteiger partial charge on any atom is -0.394 e. The molecule has 0 aromatic heterocycles. The highest BCUT2D eigenvalue weighted by Gasteiger charge is 2.40. The number of aliphatic hydroxyl groups is 1. The second kappa shape index (κ2) is 8.80. The minimum atomic E-state index is -0.877. The van der Waals surface area contributed by atoms with Crippen LogP contribution in [-0.2, 0) is 16.0 Å². The minimum absolute atomic E-state index is 0.0676. The standard InChI is InChI=1S/C22H25F2NO3/c1-15(14-26)25-21(27)22(8-10-28-11-9-22)13-16-2-4-17(5-3-16)18-6-7-19(23)20(24)12-18/h2-7,12,15,26H,8-11,13-14H2,1H3,(H,25,27)/t15-/m0/s1. The van der Waals surface area contributed by atoms with Crippen molar-refractivity contribution in [1.82, 2.24) is 5.32 Å². The third-order valence-electron chi connectivity index (χ3n) is 5.33. The van der Waals surface area contributed by atoms with Crippen molar-refractivity contribution in [3.05, 3.63) is 59.7 Å². The smallest absolute Gasteiger partial charge is 0.227 e. The van der Waals surface area contributed by atoms with Crippen LogP contribution < -0.4 is 5.32 Å². The lowest BCUT2D eigenvalue weighted by atomic mass is 9.74. The van der Waals surface area contributed by atoms with E-state index in [0.717, 1.165) is 17.2 Å². The molecule has 2 aromatic carbocycles. The maximum absolute atomic E-state index is 13.5. The predicted octanol–water partition coefficient (Wildman–Crippen LogP) is 3.47. The topological polar surface area (TPSA) is 58.6 Å². The fraction of sp³-hybridized carbons (Fsp3) is 0.409. The normalized spacial score (nSPS) is 17.1. The average molecular weight is 389 g/mol. The largest absolute Gasteiger partial charge is 0.394 e. The van der Waals surface area contributed by atoms with Crippen molar-refractivity contribution in [1.29, 1.82) is 0 Å². The van der Waals surface area contributed by atoms with Gasteiger partial charge in [-0.05, 0) is 55.0 Å². The molecule has 3 rings (SSSR count). The quantitative estimate of drug-likeness (QED) is 0.795. The molecule has 2 N–H and O–H groups in total. The summed E-state index contributed by atoms with van der Waals surface area (Å²) in [5.74, 6) is -1.82. The Bertz CT molecular complexity index is 817. The number of carbonyl (C=O) groups is 1. The van der Waals surface area contributed by atoms with Gasteiger partial charge in [-0.25, -0.2) is 8.78 Å². The molecule has 1 amide bonds. The van der Waals surface area contributed by atoms with Gasteiger partial charge < -0.3 is 15.2 Å². The Labute approximate surface area is 163 Å². The summed E-state index contributed by atoms with van der Waals surface area (Å²) in [4.78, 5) is 12.9. The molecule has 28 heavy (non-hydrogen) atoms. The molecule has 150 valence electrons. The third kappa shape index (κ3) is 4.56. The molecule has 0 saturated carbocycles. The van der Waals surface area contributed by atoms with Gasteiger partial charge in [0.25, 0.3) is 0 Å². The van der Waals surface area contributed by atoms with E-state index in [4.69, 9.17) is 4.74 Å². The molecule has 6 heteroatoms. The second-order valence-corrected chi connectivity index (χ2v) is 7.45. The van der Waals surface area contributed by atoms with Crippen molar-refractivity contribution in [3.63, 3.8) is 0 Å². The molecule has 1 aliphatic heterocycles. The molecule has 0 radical (unpaired) electrons. The van der Waals surface area contributed by atoms with Gasteiger partial charge in [0.1, 0.15) is 0 Å². The average Bonchev–Trinajstić information content (AvgIpc) is 2.71. The summed E-state index contributed by atoms with van der Waals surface area (Å²) in [6.45, 7) is 2.70. The molecule has 1 saturated heterocycles. The lowest BCUT2D eigenvalue weighted by Gasteiger charge is -2.36. The van der Waals surface area contributed by atoms with Gasteiger partial charge >= 0.3 is 0 Å². The molecule has 1 heterocycles. The van der Waals surface area contributed by atoms with Crippen LogP contribution in [0.15, 0.2) is 42.5 Å². The number of nitrogens with one attached hydrogen (secondary N) is 1. The number of carbonyl (C=O) groups excluding carboxylic acids is 1. The molecular formula is C22H25F2NO3. The number of halogens is 2. The maximum Gasteiger partial charge on any atom is 0.227 e. The zero-order valence-corrected chi connectivity index (χ0v) is 15.9. The van der Waals surface area contributed by atoms with E-state index in [0.29, 0.717) is 38.0 Å². The number of aliphatic hydroxyl groups excluding tert-OH is 1. The highest BCUT2D eigenvalue weighted by atomic mass is 19.2. The Balaban J connectivity index is 1.79. The predicted molar refractivity (Wildman–Crippen MR) is 103 cm³/mol. The fourth-order valence-electron chi connectivity index (χ4n) is 3.55. The second-order valence-electron chi connectivity index (χ2n) is 7.45. The molecule has 1 aliphatic rings. The highest BCUT2D eigenvalue weighted by Crippen LogP contribution is 2.35. The Morgan fingerprint density at radius 3 is 2.36 bits per heavy atom. The SMILES string of the molecule is C[C@@H](CO)NC(=O)C1(Cc2ccc(-c3ccc(F)c(F)c3)cc2)CCOCC1. The van der Waals surface area contributed by atoms with Crippen molar-refractivity contribution in [3.8, 4) is 11.1 Å². The van der Waals surface area contributed by atoms with E-state index in [1.54, 1.807) is 6.92 Å². The molecular weight excluding hydrogens is 364 g/mol. The molecule has 4 nitrogen and oxygen atoms in total. The Kier molecular flexibility index (Phi) is 6.42. The van der Waals surface area contributed by atoms with Gasteiger partial charge in [-0.1, -0.05) is 30.3 Å². The van der Waals surface area contributed by atoms with Gasteiger partial charge in [-0.2, -0.15) is 0 Å². The first-order chi connectivity index (χ1) is 13.4. The molecule has 2 aromatic rings. The van der Waals surface area contributed by atoms with Crippen LogP contribution in [0, 0.1) is 17.0 Å². The van der Waals surface area contributed by atoms with Crippen molar-refractivity contribution < 1.29 is 23.4 Å². The van der Waals surface area contributed by atoms with Gasteiger partial charge in [-0.3, -0.25) is 4.79 Å². The summed E-state index contributed by atoms with van der Waals surface area (Å²) in [5.41, 5.74) is 1.79. The summed E-state index contributed by atoms with van der Waals surface area (Å²) in [6.07, 6.45) is 1.78. The lowest BCUT2D eigenvalue weighted by Crippen LogP contribution is -2.49. The number of benzene rings is 2. The summed E-state index contributed by atoms with van der Waals surface area (Å²) >= 11 is 0. The Hall–Kier alpha value is -2.31. The molecule has 0 aliphatic carbocycles. The summed E-state index contributed by atoms with van der Waals surface area (Å²) in [6, 6.07) is 11.1. The van der Waals surface area contributed by atoms with Crippen molar-refractivity contribution >= 4 is 5.91 Å².